The van der Waals surface area contributed by atoms with Gasteiger partial charge in [-0.15, -0.1) is 0 Å². The Balaban J connectivity index is 4.25. The van der Waals surface area contributed by atoms with Gasteiger partial charge in [-0.1, -0.05) is 258 Å². The molecule has 0 amide bonds. The van der Waals surface area contributed by atoms with Gasteiger partial charge in [0.25, 0.3) is 0 Å². The number of rotatable bonds is 54. The summed E-state index contributed by atoms with van der Waals surface area (Å²) in [7, 11) is 0. The highest BCUT2D eigenvalue weighted by Crippen LogP contribution is 2.14. The van der Waals surface area contributed by atoms with Gasteiger partial charge in [0.05, 0.1) is 0 Å². The first-order valence-electron chi connectivity index (χ1n) is 30.5. The third-order valence-corrected chi connectivity index (χ3v) is 12.7. The van der Waals surface area contributed by atoms with E-state index in [2.05, 4.69) is 142 Å². The number of hydrogen-bond donors (Lipinski definition) is 0. The Bertz CT molecular complexity index is 1550. The van der Waals surface area contributed by atoms with E-state index in [0.717, 1.165) is 122 Å². The van der Waals surface area contributed by atoms with Crippen molar-refractivity contribution in [2.24, 2.45) is 0 Å². The smallest absolute Gasteiger partial charge is 0.306 e. The molecule has 6 nitrogen and oxygen atoms in total. The second kappa shape index (κ2) is 61.4. The largest absolute Gasteiger partial charge is 0.462 e. The number of carbonyl (C=O) groups is 3. The Labute approximate surface area is 456 Å². The molecule has 0 heterocycles. The molecule has 0 N–H and O–H groups in total. The van der Waals surface area contributed by atoms with E-state index in [-0.39, 0.29) is 31.1 Å². The van der Waals surface area contributed by atoms with Gasteiger partial charge in [0.2, 0.25) is 0 Å². The van der Waals surface area contributed by atoms with E-state index in [4.69, 9.17) is 14.2 Å². The first kappa shape index (κ1) is 69.8. The summed E-state index contributed by atoms with van der Waals surface area (Å²) in [6, 6.07) is 0. The molecule has 0 aliphatic carbocycles. The lowest BCUT2D eigenvalue weighted by molar-refractivity contribution is -0.167. The van der Waals surface area contributed by atoms with Gasteiger partial charge in [0, 0.05) is 19.3 Å². The molecule has 0 aromatic rings. The van der Waals surface area contributed by atoms with E-state index in [9.17, 15) is 14.4 Å². The summed E-state index contributed by atoms with van der Waals surface area (Å²) < 4.78 is 16.8. The van der Waals surface area contributed by atoms with Crippen LogP contribution in [0.15, 0.2) is 122 Å². The molecule has 0 radical (unpaired) electrons. The zero-order valence-corrected chi connectivity index (χ0v) is 48.1. The van der Waals surface area contributed by atoms with Gasteiger partial charge in [-0.05, 0) is 116 Å². The molecule has 0 aromatic heterocycles. The molecule has 0 fully saturated rings. The summed E-state index contributed by atoms with van der Waals surface area (Å²) >= 11 is 0. The predicted octanol–water partition coefficient (Wildman–Crippen LogP) is 20.8. The lowest BCUT2D eigenvalue weighted by Gasteiger charge is -2.18. The van der Waals surface area contributed by atoms with E-state index in [1.54, 1.807) is 0 Å². The highest BCUT2D eigenvalue weighted by atomic mass is 16.6. The zero-order valence-electron chi connectivity index (χ0n) is 48.1. The molecule has 0 aliphatic heterocycles. The number of unbranched alkanes of at least 4 members (excludes halogenated alkanes) is 23. The van der Waals surface area contributed by atoms with Crippen molar-refractivity contribution in [2.75, 3.05) is 13.2 Å². The maximum Gasteiger partial charge on any atom is 0.306 e. The van der Waals surface area contributed by atoms with E-state index in [0.29, 0.717) is 19.3 Å². The van der Waals surface area contributed by atoms with Crippen LogP contribution in [0.4, 0.5) is 0 Å². The average molecular weight is 1030 g/mol. The minimum Gasteiger partial charge on any atom is -0.462 e. The van der Waals surface area contributed by atoms with Crippen molar-refractivity contribution in [3.8, 4) is 0 Å². The number of esters is 3. The SMILES string of the molecule is CC/C=C\C/C=C\C/C=C\C/C=C\C/C=C\C/C=C\C/C=C\C/C=C\C/C=C\CCCCCC(=O)OCC(COC(=O)CCCCCCCCC)OC(=O)CCCCCCCCC/C=C\CCCCCCCCC. The maximum atomic E-state index is 12.8. The molecule has 0 aliphatic rings. The van der Waals surface area contributed by atoms with Crippen molar-refractivity contribution in [1.29, 1.82) is 0 Å². The number of ether oxygens (including phenoxy) is 3. The molecule has 74 heavy (non-hydrogen) atoms. The molecule has 0 saturated heterocycles. The van der Waals surface area contributed by atoms with Crippen LogP contribution >= 0.6 is 0 Å². The van der Waals surface area contributed by atoms with Gasteiger partial charge in [-0.25, -0.2) is 0 Å². The second-order valence-electron chi connectivity index (χ2n) is 19.9. The van der Waals surface area contributed by atoms with E-state index >= 15 is 0 Å². The van der Waals surface area contributed by atoms with Crippen molar-refractivity contribution in [3.05, 3.63) is 122 Å². The van der Waals surface area contributed by atoms with E-state index in [1.807, 2.05) is 0 Å². The Morgan fingerprint density at radius 1 is 0.284 bits per heavy atom. The van der Waals surface area contributed by atoms with Crippen molar-refractivity contribution < 1.29 is 28.6 Å². The molecular weight excluding hydrogens is 913 g/mol. The van der Waals surface area contributed by atoms with Gasteiger partial charge in [0.15, 0.2) is 6.10 Å². The second-order valence-corrected chi connectivity index (χ2v) is 19.9. The lowest BCUT2D eigenvalue weighted by Crippen LogP contribution is -2.30. The molecule has 1 unspecified atom stereocenters. The highest BCUT2D eigenvalue weighted by Gasteiger charge is 2.19. The van der Waals surface area contributed by atoms with Gasteiger partial charge in [0.1, 0.15) is 13.2 Å². The molecular formula is C68H112O6. The fraction of sp³-hybridized carbons (Fsp3) is 0.662. The van der Waals surface area contributed by atoms with Crippen LogP contribution in [0.25, 0.3) is 0 Å². The molecule has 6 heteroatoms. The number of allylic oxidation sites excluding steroid dienone is 20. The van der Waals surface area contributed by atoms with Gasteiger partial charge >= 0.3 is 17.9 Å². The number of carbonyl (C=O) groups excluding carboxylic acids is 3. The summed E-state index contributed by atoms with van der Waals surface area (Å²) in [5, 5.41) is 0. The summed E-state index contributed by atoms with van der Waals surface area (Å²) in [6.45, 7) is 6.45. The van der Waals surface area contributed by atoms with Crippen molar-refractivity contribution in [3.63, 3.8) is 0 Å². The van der Waals surface area contributed by atoms with E-state index < -0.39 is 6.10 Å². The first-order valence-corrected chi connectivity index (χ1v) is 30.5. The third kappa shape index (κ3) is 58.7. The van der Waals surface area contributed by atoms with Crippen LogP contribution in [-0.4, -0.2) is 37.2 Å². The molecule has 0 spiro atoms. The van der Waals surface area contributed by atoms with Crippen LogP contribution in [0.2, 0.25) is 0 Å². The van der Waals surface area contributed by atoms with Crippen LogP contribution in [-0.2, 0) is 28.6 Å². The van der Waals surface area contributed by atoms with Crippen molar-refractivity contribution >= 4 is 17.9 Å². The maximum absolute atomic E-state index is 12.8. The standard InChI is InChI=1S/C68H112O6/c1-4-7-10-13-16-18-20-22-24-26-28-29-30-31-32-33-34-35-36-37-38-39-40-42-43-45-47-49-52-55-58-61-67(70)73-64-65(63-72-66(69)60-57-54-51-15-12-9-6-3)74-68(71)62-59-56-53-50-48-46-44-41-27-25-23-21-19-17-14-11-8-5-2/h7,10,16,18,22,24-25,27-29,31-32,34-35,37-38,40,42,45,47,65H,4-6,8-9,11-15,17,19-21,23,26,30,33,36,39,41,43-44,46,48-64H2,1-3H3/b10-7-,18-16-,24-22-,27-25-,29-28-,32-31-,35-34-,38-37-,42-40-,47-45-. The Hall–Kier alpha value is -4.19. The van der Waals surface area contributed by atoms with Crippen molar-refractivity contribution in [1.82, 2.24) is 0 Å². The minimum atomic E-state index is -0.794. The highest BCUT2D eigenvalue weighted by molar-refractivity contribution is 5.71. The monoisotopic (exact) mass is 1020 g/mol. The van der Waals surface area contributed by atoms with Gasteiger partial charge in [-0.3, -0.25) is 14.4 Å². The van der Waals surface area contributed by atoms with Gasteiger partial charge in [-0.2, -0.15) is 0 Å². The quantitative estimate of drug-likeness (QED) is 0.0261. The fourth-order valence-electron chi connectivity index (χ4n) is 8.13. The first-order chi connectivity index (χ1) is 36.5. The molecule has 0 bridgehead atoms. The molecule has 1 atom stereocenters. The van der Waals surface area contributed by atoms with Crippen LogP contribution < -0.4 is 0 Å². The van der Waals surface area contributed by atoms with Crippen LogP contribution in [0.3, 0.4) is 0 Å². The summed E-state index contributed by atoms with van der Waals surface area (Å²) in [5.74, 6) is -0.936. The topological polar surface area (TPSA) is 78.9 Å². The molecule has 0 rings (SSSR count). The Morgan fingerprint density at radius 3 is 0.851 bits per heavy atom. The molecule has 420 valence electrons. The Morgan fingerprint density at radius 2 is 0.527 bits per heavy atom. The zero-order chi connectivity index (χ0) is 53.6. The van der Waals surface area contributed by atoms with E-state index in [1.165, 1.54) is 109 Å². The van der Waals surface area contributed by atoms with Crippen LogP contribution in [0.1, 0.15) is 271 Å². The fourth-order valence-corrected chi connectivity index (χ4v) is 8.13. The van der Waals surface area contributed by atoms with Crippen LogP contribution in [0.5, 0.6) is 0 Å². The normalized spacial score (nSPS) is 13.0. The summed E-state index contributed by atoms with van der Waals surface area (Å²) in [5.41, 5.74) is 0. The minimum absolute atomic E-state index is 0.0913. The average Bonchev–Trinajstić information content (AvgIpc) is 3.40. The predicted molar refractivity (Wildman–Crippen MR) is 320 cm³/mol. The summed E-state index contributed by atoms with van der Waals surface area (Å²) in [4.78, 5) is 38.0. The number of hydrogen-bond acceptors (Lipinski definition) is 6. The van der Waals surface area contributed by atoms with Crippen LogP contribution in [0, 0.1) is 0 Å². The van der Waals surface area contributed by atoms with Crippen molar-refractivity contribution in [2.45, 2.75) is 277 Å². The Kier molecular flexibility index (Phi) is 57.9. The van der Waals surface area contributed by atoms with Gasteiger partial charge < -0.3 is 14.2 Å². The lowest BCUT2D eigenvalue weighted by atomic mass is 10.1. The molecule has 0 saturated carbocycles. The molecule has 0 aromatic carbocycles. The third-order valence-electron chi connectivity index (χ3n) is 12.7. The summed E-state index contributed by atoms with van der Waals surface area (Å²) in [6.07, 6.45) is 85.1.